The Morgan fingerprint density at radius 1 is 1.21 bits per heavy atom. The molecule has 0 aromatic carbocycles. The maximum atomic E-state index is 4.36. The van der Waals surface area contributed by atoms with Crippen molar-refractivity contribution >= 4 is 8.07 Å². The summed E-state index contributed by atoms with van der Waals surface area (Å²) in [6.07, 6.45) is 1.77. The van der Waals surface area contributed by atoms with Crippen LogP contribution >= 0.6 is 0 Å². The van der Waals surface area contributed by atoms with Crippen LogP contribution in [0, 0.1) is 25.3 Å². The van der Waals surface area contributed by atoms with Gasteiger partial charge in [-0.25, -0.2) is 4.98 Å². The fourth-order valence-corrected chi connectivity index (χ4v) is 1.40. The third-order valence-electron chi connectivity index (χ3n) is 1.63. The standard InChI is InChI=1S/C11H16N2Si/c1-9-8-12-10(2)11(13-9)6-7-14(3,4)5/h8H,1-5H3. The summed E-state index contributed by atoms with van der Waals surface area (Å²) in [4.78, 5) is 8.59. The molecule has 0 fully saturated rings. The maximum Gasteiger partial charge on any atom is 0.134 e. The van der Waals surface area contributed by atoms with E-state index in [9.17, 15) is 0 Å². The normalized spacial score (nSPS) is 10.6. The number of rotatable bonds is 0. The van der Waals surface area contributed by atoms with Crippen molar-refractivity contribution in [2.45, 2.75) is 33.5 Å². The van der Waals surface area contributed by atoms with Crippen LogP contribution in [0.3, 0.4) is 0 Å². The zero-order valence-electron chi connectivity index (χ0n) is 9.47. The zero-order valence-corrected chi connectivity index (χ0v) is 10.5. The third kappa shape index (κ3) is 3.31. The fourth-order valence-electron chi connectivity index (χ4n) is 0.903. The van der Waals surface area contributed by atoms with Crippen molar-refractivity contribution in [3.8, 4) is 11.5 Å². The van der Waals surface area contributed by atoms with Gasteiger partial charge in [0.1, 0.15) is 13.8 Å². The fraction of sp³-hybridized carbons (Fsp3) is 0.455. The SMILES string of the molecule is Cc1cnc(C)c(C#C[Si](C)(C)C)n1. The number of aryl methyl sites for hydroxylation is 2. The maximum absolute atomic E-state index is 4.36. The van der Waals surface area contributed by atoms with Crippen LogP contribution in [0.1, 0.15) is 17.1 Å². The second-order valence-electron chi connectivity index (χ2n) is 4.45. The molecule has 2 nitrogen and oxygen atoms in total. The molecule has 14 heavy (non-hydrogen) atoms. The molecule has 0 saturated heterocycles. The lowest BCUT2D eigenvalue weighted by atomic mass is 10.3. The van der Waals surface area contributed by atoms with E-state index in [0.29, 0.717) is 0 Å². The van der Waals surface area contributed by atoms with E-state index in [1.54, 1.807) is 6.20 Å². The van der Waals surface area contributed by atoms with Gasteiger partial charge in [-0.1, -0.05) is 25.6 Å². The first-order chi connectivity index (χ1) is 6.38. The average Bonchev–Trinajstić information content (AvgIpc) is 2.05. The molecule has 0 aliphatic rings. The average molecular weight is 204 g/mol. The summed E-state index contributed by atoms with van der Waals surface area (Å²) in [6, 6.07) is 0. The zero-order chi connectivity index (χ0) is 10.8. The molecular weight excluding hydrogens is 188 g/mol. The van der Waals surface area contributed by atoms with Gasteiger partial charge in [0.15, 0.2) is 0 Å². The first kappa shape index (κ1) is 10.9. The molecule has 0 aliphatic heterocycles. The van der Waals surface area contributed by atoms with Crippen LogP contribution in [0.5, 0.6) is 0 Å². The summed E-state index contributed by atoms with van der Waals surface area (Å²) in [5.41, 5.74) is 5.96. The smallest absolute Gasteiger partial charge is 0.134 e. The molecule has 1 aromatic heterocycles. The number of aromatic nitrogens is 2. The van der Waals surface area contributed by atoms with Gasteiger partial charge >= 0.3 is 0 Å². The highest BCUT2D eigenvalue weighted by Crippen LogP contribution is 2.02. The lowest BCUT2D eigenvalue weighted by Crippen LogP contribution is -2.16. The minimum Gasteiger partial charge on any atom is -0.257 e. The number of hydrogen-bond donors (Lipinski definition) is 0. The predicted octanol–water partition coefficient (Wildman–Crippen LogP) is 2.32. The summed E-state index contributed by atoms with van der Waals surface area (Å²) in [5, 5.41) is 0. The summed E-state index contributed by atoms with van der Waals surface area (Å²) in [5.74, 6) is 3.13. The Bertz CT molecular complexity index is 394. The Morgan fingerprint density at radius 3 is 2.43 bits per heavy atom. The minimum atomic E-state index is -1.31. The van der Waals surface area contributed by atoms with Gasteiger partial charge in [-0.3, -0.25) is 4.98 Å². The second-order valence-corrected chi connectivity index (χ2v) is 9.20. The Morgan fingerprint density at radius 2 is 1.86 bits per heavy atom. The largest absolute Gasteiger partial charge is 0.257 e. The van der Waals surface area contributed by atoms with E-state index in [1.165, 1.54) is 0 Å². The lowest BCUT2D eigenvalue weighted by molar-refractivity contribution is 1.04. The third-order valence-corrected chi connectivity index (χ3v) is 2.51. The summed E-state index contributed by atoms with van der Waals surface area (Å²) < 4.78 is 0. The van der Waals surface area contributed by atoms with Crippen molar-refractivity contribution in [2.75, 3.05) is 0 Å². The van der Waals surface area contributed by atoms with Gasteiger partial charge in [0.25, 0.3) is 0 Å². The predicted molar refractivity (Wildman–Crippen MR) is 61.7 cm³/mol. The van der Waals surface area contributed by atoms with Gasteiger partial charge < -0.3 is 0 Å². The summed E-state index contributed by atoms with van der Waals surface area (Å²) >= 11 is 0. The van der Waals surface area contributed by atoms with Gasteiger partial charge in [-0.05, 0) is 13.8 Å². The van der Waals surface area contributed by atoms with E-state index in [2.05, 4.69) is 41.1 Å². The number of hydrogen-bond acceptors (Lipinski definition) is 2. The van der Waals surface area contributed by atoms with Gasteiger partial charge in [-0.2, -0.15) is 0 Å². The molecule has 0 saturated carbocycles. The Hall–Kier alpha value is -1.14. The monoisotopic (exact) mass is 204 g/mol. The summed E-state index contributed by atoms with van der Waals surface area (Å²) in [7, 11) is -1.31. The molecule has 3 heteroatoms. The Balaban J connectivity index is 3.06. The Kier molecular flexibility index (Phi) is 3.07. The quantitative estimate of drug-likeness (QED) is 0.479. The van der Waals surface area contributed by atoms with E-state index in [0.717, 1.165) is 17.1 Å². The van der Waals surface area contributed by atoms with E-state index in [4.69, 9.17) is 0 Å². The van der Waals surface area contributed by atoms with Gasteiger partial charge in [-0.15, -0.1) is 5.54 Å². The van der Waals surface area contributed by atoms with Crippen LogP contribution in [0.2, 0.25) is 19.6 Å². The van der Waals surface area contributed by atoms with Crippen LogP contribution in [0.15, 0.2) is 6.20 Å². The molecule has 1 heterocycles. The molecular formula is C11H16N2Si. The molecule has 0 amide bonds. The lowest BCUT2D eigenvalue weighted by Gasteiger charge is -2.04. The van der Waals surface area contributed by atoms with Crippen LogP contribution in [-0.4, -0.2) is 18.0 Å². The van der Waals surface area contributed by atoms with Crippen molar-refractivity contribution in [3.05, 3.63) is 23.3 Å². The Labute approximate surface area is 86.8 Å². The van der Waals surface area contributed by atoms with E-state index in [1.807, 2.05) is 13.8 Å². The second kappa shape index (κ2) is 3.93. The first-order valence-electron chi connectivity index (χ1n) is 4.72. The first-order valence-corrected chi connectivity index (χ1v) is 8.22. The van der Waals surface area contributed by atoms with Crippen LogP contribution in [0.4, 0.5) is 0 Å². The number of nitrogens with zero attached hydrogens (tertiary/aromatic N) is 2. The van der Waals surface area contributed by atoms with Gasteiger partial charge in [0, 0.05) is 6.20 Å². The van der Waals surface area contributed by atoms with E-state index >= 15 is 0 Å². The summed E-state index contributed by atoms with van der Waals surface area (Å²) in [6.45, 7) is 10.5. The van der Waals surface area contributed by atoms with Crippen molar-refractivity contribution in [1.82, 2.24) is 9.97 Å². The molecule has 0 aliphatic carbocycles. The van der Waals surface area contributed by atoms with Crippen molar-refractivity contribution in [2.24, 2.45) is 0 Å². The van der Waals surface area contributed by atoms with E-state index in [-0.39, 0.29) is 0 Å². The van der Waals surface area contributed by atoms with Crippen LogP contribution in [0.25, 0.3) is 0 Å². The van der Waals surface area contributed by atoms with Gasteiger partial charge in [0.05, 0.1) is 11.4 Å². The van der Waals surface area contributed by atoms with E-state index < -0.39 is 8.07 Å². The topological polar surface area (TPSA) is 25.8 Å². The van der Waals surface area contributed by atoms with Crippen molar-refractivity contribution < 1.29 is 0 Å². The molecule has 74 valence electrons. The van der Waals surface area contributed by atoms with Crippen LogP contribution < -0.4 is 0 Å². The molecule has 0 bridgehead atoms. The molecule has 0 spiro atoms. The van der Waals surface area contributed by atoms with Gasteiger partial charge in [0.2, 0.25) is 0 Å². The minimum absolute atomic E-state index is 0.826. The molecule has 0 radical (unpaired) electrons. The van der Waals surface area contributed by atoms with Crippen molar-refractivity contribution in [3.63, 3.8) is 0 Å². The molecule has 1 rings (SSSR count). The molecule has 0 unspecified atom stereocenters. The molecule has 0 N–H and O–H groups in total. The van der Waals surface area contributed by atoms with Crippen molar-refractivity contribution in [1.29, 1.82) is 0 Å². The van der Waals surface area contributed by atoms with Crippen LogP contribution in [-0.2, 0) is 0 Å². The molecule has 0 atom stereocenters. The highest BCUT2D eigenvalue weighted by atomic mass is 28.3. The highest BCUT2D eigenvalue weighted by Gasteiger charge is 2.08. The molecule has 1 aromatic rings. The highest BCUT2D eigenvalue weighted by molar-refractivity contribution is 6.83.